The highest BCUT2D eigenvalue weighted by Crippen LogP contribution is 2.18. The van der Waals surface area contributed by atoms with Crippen molar-refractivity contribution < 1.29 is 28.6 Å². The second-order valence-corrected chi connectivity index (χ2v) is 9.55. The van der Waals surface area contributed by atoms with E-state index in [2.05, 4.69) is 10.6 Å². The Hall–Kier alpha value is -2.81. The molecule has 0 aliphatic rings. The number of hydrogen-bond donors (Lipinski definition) is 3. The summed E-state index contributed by atoms with van der Waals surface area (Å²) in [5.74, 6) is -0.355. The molecule has 2 amide bonds. The van der Waals surface area contributed by atoms with Gasteiger partial charge in [-0.1, -0.05) is 32.9 Å². The number of amides is 2. The molecule has 9 heteroatoms. The largest absolute Gasteiger partial charge is 0.492 e. The first-order chi connectivity index (χ1) is 14.7. The minimum Gasteiger partial charge on any atom is -0.492 e. The summed E-state index contributed by atoms with van der Waals surface area (Å²) in [6.07, 6.45) is -0.256. The number of alkyl carbamates (subject to hydrolysis) is 1. The zero-order valence-electron chi connectivity index (χ0n) is 20.1. The molecule has 0 aliphatic heterocycles. The number of benzene rings is 1. The van der Waals surface area contributed by atoms with Crippen molar-refractivity contribution in [2.75, 3.05) is 20.3 Å². The van der Waals surface area contributed by atoms with Crippen LogP contribution in [0.5, 0.6) is 5.75 Å². The number of nitrogens with two attached hydrogens (primary N) is 1. The van der Waals surface area contributed by atoms with Crippen LogP contribution in [0.2, 0.25) is 0 Å². The maximum Gasteiger partial charge on any atom is 0.407 e. The van der Waals surface area contributed by atoms with Crippen LogP contribution in [0.25, 0.3) is 0 Å². The average molecular weight is 452 g/mol. The highest BCUT2D eigenvalue weighted by atomic mass is 16.6. The molecule has 32 heavy (non-hydrogen) atoms. The van der Waals surface area contributed by atoms with Gasteiger partial charge in [-0.05, 0) is 43.9 Å². The van der Waals surface area contributed by atoms with Crippen molar-refractivity contribution in [1.29, 1.82) is 0 Å². The predicted octanol–water partition coefficient (Wildman–Crippen LogP) is 2.16. The van der Waals surface area contributed by atoms with E-state index in [-0.39, 0.29) is 13.0 Å². The molecule has 0 aliphatic carbocycles. The molecule has 0 heterocycles. The van der Waals surface area contributed by atoms with Crippen molar-refractivity contribution in [1.82, 2.24) is 10.6 Å². The van der Waals surface area contributed by atoms with Crippen LogP contribution in [-0.2, 0) is 25.5 Å². The fraction of sp³-hybridized carbons (Fsp3) is 0.609. The first-order valence-corrected chi connectivity index (χ1v) is 10.6. The van der Waals surface area contributed by atoms with E-state index in [0.29, 0.717) is 12.3 Å². The summed E-state index contributed by atoms with van der Waals surface area (Å²) < 4.78 is 15.6. The molecule has 0 fully saturated rings. The van der Waals surface area contributed by atoms with E-state index < -0.39 is 41.1 Å². The number of nitrogens with one attached hydrogen (secondary N) is 2. The van der Waals surface area contributed by atoms with E-state index in [1.807, 2.05) is 20.8 Å². The van der Waals surface area contributed by atoms with Gasteiger partial charge in [0.15, 0.2) is 0 Å². The Kier molecular flexibility index (Phi) is 9.96. The van der Waals surface area contributed by atoms with Gasteiger partial charge in [0.25, 0.3) is 0 Å². The lowest BCUT2D eigenvalue weighted by molar-refractivity contribution is -0.145. The van der Waals surface area contributed by atoms with Crippen LogP contribution in [0.15, 0.2) is 24.3 Å². The number of esters is 1. The molecule has 0 aromatic heterocycles. The van der Waals surface area contributed by atoms with Gasteiger partial charge in [-0.15, -0.1) is 0 Å². The van der Waals surface area contributed by atoms with Crippen LogP contribution in [0.4, 0.5) is 4.79 Å². The molecule has 9 nitrogen and oxygen atoms in total. The summed E-state index contributed by atoms with van der Waals surface area (Å²) in [4.78, 5) is 36.2. The third-order valence-corrected chi connectivity index (χ3v) is 4.42. The summed E-state index contributed by atoms with van der Waals surface area (Å²) in [6.45, 7) is 11.5. The van der Waals surface area contributed by atoms with E-state index in [0.717, 1.165) is 5.56 Å². The molecule has 1 rings (SSSR count). The number of methoxy groups -OCH3 is 1. The minimum atomic E-state index is -0.856. The van der Waals surface area contributed by atoms with Crippen LogP contribution in [0.3, 0.4) is 0 Å². The molecular formula is C23H37N3O6. The fourth-order valence-electron chi connectivity index (χ4n) is 2.58. The fourth-order valence-corrected chi connectivity index (χ4v) is 2.58. The lowest BCUT2D eigenvalue weighted by atomic mass is 9.86. The van der Waals surface area contributed by atoms with Gasteiger partial charge in [-0.3, -0.25) is 4.79 Å². The van der Waals surface area contributed by atoms with Crippen molar-refractivity contribution in [2.24, 2.45) is 11.1 Å². The molecule has 0 radical (unpaired) electrons. The number of ether oxygens (including phenoxy) is 3. The van der Waals surface area contributed by atoms with E-state index in [1.54, 1.807) is 45.0 Å². The lowest BCUT2D eigenvalue weighted by Crippen LogP contribution is -2.53. The standard InChI is InChI=1S/C23H37N3O6/c1-22(2,3)18(24)19(27)26-17(20(28)30-7)14-15-8-10-16(11-9-15)31-13-12-25-21(29)32-23(4,5)6/h8-11,17-18H,12-14,24H2,1-7H3,(H,25,29)(H,26,27)/t17-,18+/m0/s1. The Morgan fingerprint density at radius 1 is 1.03 bits per heavy atom. The van der Waals surface area contributed by atoms with E-state index in [9.17, 15) is 14.4 Å². The topological polar surface area (TPSA) is 129 Å². The summed E-state index contributed by atoms with van der Waals surface area (Å²) >= 11 is 0. The van der Waals surface area contributed by atoms with Crippen molar-refractivity contribution in [3.05, 3.63) is 29.8 Å². The molecule has 1 aromatic carbocycles. The third kappa shape index (κ3) is 10.00. The zero-order valence-corrected chi connectivity index (χ0v) is 20.1. The summed E-state index contributed by atoms with van der Waals surface area (Å²) in [7, 11) is 1.27. The molecule has 180 valence electrons. The molecule has 0 saturated carbocycles. The maximum absolute atomic E-state index is 12.4. The second-order valence-electron chi connectivity index (χ2n) is 9.55. The normalized spacial score (nSPS) is 13.5. The Morgan fingerprint density at radius 3 is 2.12 bits per heavy atom. The van der Waals surface area contributed by atoms with Gasteiger partial charge >= 0.3 is 12.1 Å². The molecule has 2 atom stereocenters. The van der Waals surface area contributed by atoms with Gasteiger partial charge in [-0.25, -0.2) is 9.59 Å². The van der Waals surface area contributed by atoms with Gasteiger partial charge in [0.1, 0.15) is 24.0 Å². The average Bonchev–Trinajstić information content (AvgIpc) is 2.68. The first kappa shape index (κ1) is 27.2. The lowest BCUT2D eigenvalue weighted by Gasteiger charge is -2.27. The van der Waals surface area contributed by atoms with Gasteiger partial charge in [0.2, 0.25) is 5.91 Å². The van der Waals surface area contributed by atoms with Crippen LogP contribution in [-0.4, -0.2) is 55.9 Å². The number of carbonyl (C=O) groups excluding carboxylic acids is 3. The smallest absolute Gasteiger partial charge is 0.407 e. The third-order valence-electron chi connectivity index (χ3n) is 4.42. The molecule has 0 bridgehead atoms. The van der Waals surface area contributed by atoms with Gasteiger partial charge in [0.05, 0.1) is 19.7 Å². The molecule has 1 aromatic rings. The number of hydrogen-bond acceptors (Lipinski definition) is 7. The highest BCUT2D eigenvalue weighted by molar-refractivity contribution is 5.88. The Morgan fingerprint density at radius 2 is 1.62 bits per heavy atom. The van der Waals surface area contributed by atoms with Crippen molar-refractivity contribution in [3.63, 3.8) is 0 Å². The summed E-state index contributed by atoms with van der Waals surface area (Å²) in [5.41, 5.74) is 5.80. The van der Waals surface area contributed by atoms with Crippen molar-refractivity contribution in [2.45, 2.75) is 65.6 Å². The van der Waals surface area contributed by atoms with Gasteiger partial charge < -0.3 is 30.6 Å². The van der Waals surface area contributed by atoms with Crippen molar-refractivity contribution >= 4 is 18.0 Å². The predicted molar refractivity (Wildman–Crippen MR) is 121 cm³/mol. The van der Waals surface area contributed by atoms with E-state index in [4.69, 9.17) is 19.9 Å². The van der Waals surface area contributed by atoms with Crippen LogP contribution in [0.1, 0.15) is 47.1 Å². The quantitative estimate of drug-likeness (QED) is 0.388. The Balaban J connectivity index is 2.61. The Bertz CT molecular complexity index is 765. The second kappa shape index (κ2) is 11.7. The van der Waals surface area contributed by atoms with Crippen LogP contribution in [0, 0.1) is 5.41 Å². The minimum absolute atomic E-state index is 0.246. The Labute approximate surface area is 190 Å². The molecule has 0 unspecified atom stereocenters. The van der Waals surface area contributed by atoms with Crippen molar-refractivity contribution in [3.8, 4) is 5.75 Å². The summed E-state index contributed by atoms with van der Waals surface area (Å²) in [6, 6.07) is 5.47. The van der Waals surface area contributed by atoms with E-state index >= 15 is 0 Å². The SMILES string of the molecule is COC(=O)[C@H](Cc1ccc(OCCNC(=O)OC(C)(C)C)cc1)NC(=O)[C@@H](N)C(C)(C)C. The van der Waals surface area contributed by atoms with Crippen LogP contribution < -0.4 is 21.1 Å². The highest BCUT2D eigenvalue weighted by Gasteiger charge is 2.31. The number of carbonyl (C=O) groups is 3. The zero-order chi connectivity index (χ0) is 24.5. The van der Waals surface area contributed by atoms with Crippen LogP contribution >= 0.6 is 0 Å². The van der Waals surface area contributed by atoms with E-state index in [1.165, 1.54) is 7.11 Å². The number of rotatable bonds is 9. The monoisotopic (exact) mass is 451 g/mol. The van der Waals surface area contributed by atoms with Gasteiger partial charge in [-0.2, -0.15) is 0 Å². The summed E-state index contributed by atoms with van der Waals surface area (Å²) in [5, 5.41) is 5.30. The first-order valence-electron chi connectivity index (χ1n) is 10.6. The van der Waals surface area contributed by atoms with Gasteiger partial charge in [0, 0.05) is 6.42 Å². The molecule has 0 spiro atoms. The maximum atomic E-state index is 12.4. The molecular weight excluding hydrogens is 414 g/mol. The molecule has 0 saturated heterocycles. The molecule has 4 N–H and O–H groups in total.